The standard InChI is InChI=1S/C10H13FN2O5/c1-17-4-5-8(15)7(11)9(18-5)13-3-2-6(14)12-10(13)16/h2-3,5,7-9,15H,4H2,1H3,(H,12,14,16)/t5-,7+,8+,9+/m0/s1. The van der Waals surface area contributed by atoms with Crippen LogP contribution in [0.1, 0.15) is 6.23 Å². The lowest BCUT2D eigenvalue weighted by atomic mass is 10.1. The lowest BCUT2D eigenvalue weighted by Gasteiger charge is -2.15. The Morgan fingerprint density at radius 2 is 2.33 bits per heavy atom. The third kappa shape index (κ3) is 2.22. The maximum atomic E-state index is 13.8. The molecule has 0 spiro atoms. The topological polar surface area (TPSA) is 93.5 Å². The number of methoxy groups -OCH3 is 1. The van der Waals surface area contributed by atoms with E-state index in [4.69, 9.17) is 9.47 Å². The van der Waals surface area contributed by atoms with E-state index in [0.29, 0.717) is 0 Å². The number of aromatic nitrogens is 2. The Hall–Kier alpha value is -1.51. The van der Waals surface area contributed by atoms with Crippen molar-refractivity contribution in [3.8, 4) is 0 Å². The minimum atomic E-state index is -1.77. The summed E-state index contributed by atoms with van der Waals surface area (Å²) in [5, 5.41) is 9.60. The fraction of sp³-hybridized carbons (Fsp3) is 0.600. The molecule has 1 fully saturated rings. The van der Waals surface area contributed by atoms with Crippen LogP contribution in [0.4, 0.5) is 4.39 Å². The molecule has 2 N–H and O–H groups in total. The van der Waals surface area contributed by atoms with E-state index in [9.17, 15) is 19.1 Å². The van der Waals surface area contributed by atoms with Gasteiger partial charge in [0.05, 0.1) is 6.61 Å². The van der Waals surface area contributed by atoms with Gasteiger partial charge in [0, 0.05) is 19.4 Å². The van der Waals surface area contributed by atoms with Crippen molar-refractivity contribution < 1.29 is 19.0 Å². The Kier molecular flexibility index (Phi) is 3.60. The Morgan fingerprint density at radius 3 is 2.94 bits per heavy atom. The van der Waals surface area contributed by atoms with Crippen molar-refractivity contribution in [3.63, 3.8) is 0 Å². The van der Waals surface area contributed by atoms with Gasteiger partial charge in [-0.2, -0.15) is 0 Å². The second kappa shape index (κ2) is 5.01. The molecule has 1 saturated heterocycles. The number of nitrogens with one attached hydrogen (secondary N) is 1. The molecule has 4 atom stereocenters. The van der Waals surface area contributed by atoms with Gasteiger partial charge in [0.25, 0.3) is 5.56 Å². The van der Waals surface area contributed by atoms with Crippen LogP contribution in [0.15, 0.2) is 21.9 Å². The van der Waals surface area contributed by atoms with E-state index in [1.807, 2.05) is 4.98 Å². The van der Waals surface area contributed by atoms with Gasteiger partial charge in [-0.05, 0) is 0 Å². The highest BCUT2D eigenvalue weighted by atomic mass is 19.1. The Labute approximate surface area is 101 Å². The molecule has 0 aliphatic carbocycles. The SMILES string of the molecule is COC[C@@H]1O[C@@H](n2ccc(=O)[nH]c2=O)[C@H](F)[C@@H]1O. The maximum Gasteiger partial charge on any atom is 0.330 e. The van der Waals surface area contributed by atoms with Crippen molar-refractivity contribution in [2.24, 2.45) is 0 Å². The van der Waals surface area contributed by atoms with Gasteiger partial charge in [0.15, 0.2) is 12.4 Å². The Balaban J connectivity index is 2.29. The summed E-state index contributed by atoms with van der Waals surface area (Å²) in [4.78, 5) is 24.4. The first-order valence-electron chi connectivity index (χ1n) is 5.32. The van der Waals surface area contributed by atoms with E-state index in [0.717, 1.165) is 16.8 Å². The summed E-state index contributed by atoms with van der Waals surface area (Å²) < 4.78 is 24.7. The van der Waals surface area contributed by atoms with E-state index in [1.165, 1.54) is 7.11 Å². The van der Waals surface area contributed by atoms with Crippen LogP contribution in [0.2, 0.25) is 0 Å². The van der Waals surface area contributed by atoms with Gasteiger partial charge in [-0.1, -0.05) is 0 Å². The fourth-order valence-electron chi connectivity index (χ4n) is 1.86. The van der Waals surface area contributed by atoms with Crippen LogP contribution >= 0.6 is 0 Å². The quantitative estimate of drug-likeness (QED) is 0.710. The lowest BCUT2D eigenvalue weighted by Crippen LogP contribution is -2.35. The number of hydrogen-bond donors (Lipinski definition) is 2. The summed E-state index contributed by atoms with van der Waals surface area (Å²) in [7, 11) is 1.39. The number of aliphatic hydroxyl groups excluding tert-OH is 1. The number of ether oxygens (including phenoxy) is 2. The summed E-state index contributed by atoms with van der Waals surface area (Å²) in [5.74, 6) is 0. The first-order valence-corrected chi connectivity index (χ1v) is 5.32. The van der Waals surface area contributed by atoms with Gasteiger partial charge < -0.3 is 14.6 Å². The molecule has 1 aromatic rings. The van der Waals surface area contributed by atoms with Gasteiger partial charge >= 0.3 is 5.69 Å². The number of hydrogen-bond acceptors (Lipinski definition) is 5. The van der Waals surface area contributed by atoms with Crippen molar-refractivity contribution in [2.75, 3.05) is 13.7 Å². The minimum Gasteiger partial charge on any atom is -0.387 e. The predicted octanol–water partition coefficient (Wildman–Crippen LogP) is -1.22. The molecule has 100 valence electrons. The molecule has 7 nitrogen and oxygen atoms in total. The van der Waals surface area contributed by atoms with Crippen molar-refractivity contribution >= 4 is 0 Å². The molecule has 0 amide bonds. The zero-order chi connectivity index (χ0) is 13.3. The summed E-state index contributed by atoms with van der Waals surface area (Å²) >= 11 is 0. The molecule has 2 rings (SSSR count). The van der Waals surface area contributed by atoms with Gasteiger partial charge in [-0.15, -0.1) is 0 Å². The van der Waals surface area contributed by atoms with Crippen LogP contribution in [-0.2, 0) is 9.47 Å². The summed E-state index contributed by atoms with van der Waals surface area (Å²) in [6.07, 6.45) is -4.15. The largest absolute Gasteiger partial charge is 0.387 e. The highest BCUT2D eigenvalue weighted by molar-refractivity contribution is 4.93. The molecule has 1 aliphatic rings. The van der Waals surface area contributed by atoms with Crippen LogP contribution in [-0.4, -0.2) is 46.8 Å². The zero-order valence-corrected chi connectivity index (χ0v) is 9.58. The Morgan fingerprint density at radius 1 is 1.61 bits per heavy atom. The summed E-state index contributed by atoms with van der Waals surface area (Å²) in [6, 6.07) is 1.08. The van der Waals surface area contributed by atoms with Crippen LogP contribution in [0.3, 0.4) is 0 Å². The van der Waals surface area contributed by atoms with Crippen LogP contribution in [0, 0.1) is 0 Å². The van der Waals surface area contributed by atoms with Gasteiger partial charge in [0.1, 0.15) is 12.2 Å². The molecule has 18 heavy (non-hydrogen) atoms. The number of alkyl halides is 1. The average molecular weight is 260 g/mol. The molecule has 0 aromatic carbocycles. The summed E-state index contributed by atoms with van der Waals surface area (Å²) in [6.45, 7) is 0.0101. The van der Waals surface area contributed by atoms with E-state index in [1.54, 1.807) is 0 Å². The normalized spacial score (nSPS) is 31.7. The second-order valence-electron chi connectivity index (χ2n) is 3.97. The number of halogens is 1. The third-order valence-corrected chi connectivity index (χ3v) is 2.75. The number of aliphatic hydroxyl groups is 1. The molecule has 0 radical (unpaired) electrons. The van der Waals surface area contributed by atoms with Crippen molar-refractivity contribution in [1.29, 1.82) is 0 Å². The number of H-pyrrole nitrogens is 1. The van der Waals surface area contributed by atoms with E-state index in [2.05, 4.69) is 0 Å². The highest BCUT2D eigenvalue weighted by Gasteiger charge is 2.45. The van der Waals surface area contributed by atoms with Crippen molar-refractivity contribution in [1.82, 2.24) is 9.55 Å². The first kappa shape index (κ1) is 12.9. The molecule has 8 heteroatoms. The van der Waals surface area contributed by atoms with E-state index in [-0.39, 0.29) is 6.61 Å². The average Bonchev–Trinajstić information content (AvgIpc) is 2.58. The molecule has 2 heterocycles. The lowest BCUT2D eigenvalue weighted by molar-refractivity contribution is -0.0572. The van der Waals surface area contributed by atoms with E-state index < -0.39 is 35.9 Å². The smallest absolute Gasteiger partial charge is 0.330 e. The predicted molar refractivity (Wildman–Crippen MR) is 58.0 cm³/mol. The highest BCUT2D eigenvalue weighted by Crippen LogP contribution is 2.30. The van der Waals surface area contributed by atoms with Gasteiger partial charge in [-0.3, -0.25) is 14.3 Å². The van der Waals surface area contributed by atoms with Crippen molar-refractivity contribution in [2.45, 2.75) is 24.6 Å². The zero-order valence-electron chi connectivity index (χ0n) is 9.58. The number of aromatic amines is 1. The molecule has 0 unspecified atom stereocenters. The van der Waals surface area contributed by atoms with E-state index >= 15 is 0 Å². The Bertz CT molecular complexity index is 527. The molecule has 0 saturated carbocycles. The molecule has 1 aromatic heterocycles. The summed E-state index contributed by atoms with van der Waals surface area (Å²) in [5.41, 5.74) is -1.38. The fourth-order valence-corrected chi connectivity index (χ4v) is 1.86. The molecule has 1 aliphatic heterocycles. The monoisotopic (exact) mass is 260 g/mol. The number of rotatable bonds is 3. The van der Waals surface area contributed by atoms with Crippen molar-refractivity contribution in [3.05, 3.63) is 33.1 Å². The molecular weight excluding hydrogens is 247 g/mol. The third-order valence-electron chi connectivity index (χ3n) is 2.75. The minimum absolute atomic E-state index is 0.0101. The molecule has 0 bridgehead atoms. The van der Waals surface area contributed by atoms with Gasteiger partial charge in [-0.25, -0.2) is 9.18 Å². The van der Waals surface area contributed by atoms with Crippen LogP contribution < -0.4 is 11.2 Å². The van der Waals surface area contributed by atoms with Crippen LogP contribution in [0.25, 0.3) is 0 Å². The van der Waals surface area contributed by atoms with Crippen LogP contribution in [0.5, 0.6) is 0 Å². The second-order valence-corrected chi connectivity index (χ2v) is 3.97. The van der Waals surface area contributed by atoms with Gasteiger partial charge in [0.2, 0.25) is 0 Å². The molecular formula is C10H13FN2O5. The first-order chi connectivity index (χ1) is 8.54. The number of nitrogens with zero attached hydrogens (tertiary/aromatic N) is 1. The maximum absolute atomic E-state index is 13.8.